The van der Waals surface area contributed by atoms with E-state index >= 15 is 0 Å². The van der Waals surface area contributed by atoms with Crippen molar-refractivity contribution in [3.05, 3.63) is 12.2 Å². The quantitative estimate of drug-likeness (QED) is 0.0696. The van der Waals surface area contributed by atoms with Crippen LogP contribution in [0.3, 0.4) is 0 Å². The third-order valence-electron chi connectivity index (χ3n) is 6.32. The Balaban J connectivity index is 3.47. The highest BCUT2D eigenvalue weighted by atomic mass is 31.2. The van der Waals surface area contributed by atoms with Crippen LogP contribution in [-0.4, -0.2) is 42.9 Å². The van der Waals surface area contributed by atoms with Crippen LogP contribution in [-0.2, 0) is 9.09 Å². The third-order valence-corrected chi connectivity index (χ3v) is 8.68. The molecule has 5 heteroatoms. The summed E-state index contributed by atoms with van der Waals surface area (Å²) in [4.78, 5) is 10.3. The smallest absolute Gasteiger partial charge is 0.320 e. The highest BCUT2D eigenvalue weighted by Gasteiger charge is 2.41. The van der Waals surface area contributed by atoms with Crippen molar-refractivity contribution in [3.8, 4) is 0 Å². The van der Waals surface area contributed by atoms with Gasteiger partial charge in [-0.2, -0.15) is 0 Å². The molecule has 0 aliphatic heterocycles. The van der Waals surface area contributed by atoms with Gasteiger partial charge in [0.15, 0.2) is 5.78 Å². The van der Waals surface area contributed by atoms with Gasteiger partial charge in [0, 0.05) is 6.42 Å². The monoisotopic (exact) mass is 474 g/mol. The second-order valence-corrected chi connectivity index (χ2v) is 12.4. The first-order chi connectivity index (χ1) is 15.3. The molecule has 0 aliphatic carbocycles. The molecule has 32 heavy (non-hydrogen) atoms. The Labute approximate surface area is 201 Å². The normalized spacial score (nSPS) is 15.3. The van der Waals surface area contributed by atoms with Gasteiger partial charge in [0.25, 0.3) is 0 Å². The lowest BCUT2D eigenvalue weighted by Crippen LogP contribution is -2.44. The van der Waals surface area contributed by atoms with Gasteiger partial charge in [-0.05, 0) is 32.1 Å². The summed E-state index contributed by atoms with van der Waals surface area (Å²) in [7, 11) is 2.30. The molecule has 0 aromatic carbocycles. The average molecular weight is 475 g/mol. The van der Waals surface area contributed by atoms with E-state index in [0.29, 0.717) is 17.5 Å². The van der Waals surface area contributed by atoms with E-state index in [0.717, 1.165) is 12.8 Å². The SMILES string of the molecule is CCCCCCCCCCCC/C=C\CCCCCCCOP(=O)(O)C(CC)[N+](C)(C)C. The molecule has 0 aromatic rings. The molecule has 0 radical (unpaired) electrons. The van der Waals surface area contributed by atoms with Crippen LogP contribution in [0.2, 0.25) is 0 Å². The summed E-state index contributed by atoms with van der Waals surface area (Å²) in [5.74, 6) is -0.352. The Hall–Kier alpha value is -0.150. The van der Waals surface area contributed by atoms with Crippen molar-refractivity contribution in [1.29, 1.82) is 0 Å². The fraction of sp³-hybridized carbons (Fsp3) is 0.926. The average Bonchev–Trinajstić information content (AvgIpc) is 2.71. The maximum absolute atomic E-state index is 12.5. The fourth-order valence-electron chi connectivity index (χ4n) is 4.38. The molecule has 4 nitrogen and oxygen atoms in total. The van der Waals surface area contributed by atoms with E-state index in [2.05, 4.69) is 19.1 Å². The summed E-state index contributed by atoms with van der Waals surface area (Å²) >= 11 is 0. The molecule has 0 rings (SSSR count). The van der Waals surface area contributed by atoms with Gasteiger partial charge < -0.3 is 13.9 Å². The van der Waals surface area contributed by atoms with E-state index in [1.807, 2.05) is 28.1 Å². The van der Waals surface area contributed by atoms with Crippen LogP contribution >= 0.6 is 7.60 Å². The van der Waals surface area contributed by atoms with E-state index in [4.69, 9.17) is 4.52 Å². The molecule has 0 saturated heterocycles. The summed E-state index contributed by atoms with van der Waals surface area (Å²) < 4.78 is 18.4. The molecule has 2 unspecified atom stereocenters. The standard InChI is InChI=1S/C27H56NO3P/c1-6-8-9-10-11-12-13-14-15-16-17-18-19-20-21-22-23-24-25-26-31-32(29,30)27(7-2)28(3,4)5/h18-19,27H,6-17,20-26H2,1-5H3/p+1/b19-18-. The lowest BCUT2D eigenvalue weighted by atomic mass is 10.1. The maximum Gasteiger partial charge on any atom is 0.385 e. The van der Waals surface area contributed by atoms with Crippen molar-refractivity contribution >= 4 is 7.60 Å². The molecule has 0 amide bonds. The van der Waals surface area contributed by atoms with Gasteiger partial charge in [-0.3, -0.25) is 4.57 Å². The van der Waals surface area contributed by atoms with Crippen molar-refractivity contribution in [3.63, 3.8) is 0 Å². The number of hydrogen-bond donors (Lipinski definition) is 1. The molecular weight excluding hydrogens is 417 g/mol. The topological polar surface area (TPSA) is 46.5 Å². The van der Waals surface area contributed by atoms with Crippen molar-refractivity contribution in [2.75, 3.05) is 27.7 Å². The van der Waals surface area contributed by atoms with Gasteiger partial charge in [0.1, 0.15) is 0 Å². The van der Waals surface area contributed by atoms with E-state index in [1.165, 1.54) is 96.3 Å². The highest BCUT2D eigenvalue weighted by Crippen LogP contribution is 2.51. The van der Waals surface area contributed by atoms with Gasteiger partial charge in [0.05, 0.1) is 27.7 Å². The molecule has 0 fully saturated rings. The van der Waals surface area contributed by atoms with Crippen molar-refractivity contribution in [2.24, 2.45) is 0 Å². The minimum Gasteiger partial charge on any atom is -0.320 e. The van der Waals surface area contributed by atoms with Crippen LogP contribution in [0.4, 0.5) is 0 Å². The number of quaternary nitrogens is 1. The fourth-order valence-corrected chi connectivity index (χ4v) is 6.28. The van der Waals surface area contributed by atoms with Gasteiger partial charge in [-0.15, -0.1) is 0 Å². The summed E-state index contributed by atoms with van der Waals surface area (Å²) in [6, 6.07) is 0. The number of unbranched alkanes of at least 4 members (excludes halogenated alkanes) is 15. The summed E-state index contributed by atoms with van der Waals surface area (Å²) in [5, 5.41) is 0. The maximum atomic E-state index is 12.5. The molecule has 2 atom stereocenters. The minimum atomic E-state index is -3.55. The van der Waals surface area contributed by atoms with Crippen LogP contribution in [0.1, 0.15) is 129 Å². The summed E-state index contributed by atoms with van der Waals surface area (Å²) in [5.41, 5.74) is 0. The number of allylic oxidation sites excluding steroid dienone is 2. The first-order valence-corrected chi connectivity index (χ1v) is 15.3. The molecule has 0 spiro atoms. The Morgan fingerprint density at radius 3 is 1.53 bits per heavy atom. The molecule has 0 aliphatic rings. The molecule has 0 heterocycles. The molecule has 192 valence electrons. The Morgan fingerprint density at radius 2 is 1.12 bits per heavy atom. The van der Waals surface area contributed by atoms with Gasteiger partial charge in [0.2, 0.25) is 0 Å². The Morgan fingerprint density at radius 1 is 0.719 bits per heavy atom. The predicted octanol–water partition coefficient (Wildman–Crippen LogP) is 8.84. The Kier molecular flexibility index (Phi) is 20.1. The first-order valence-electron chi connectivity index (χ1n) is 13.7. The second-order valence-electron chi connectivity index (χ2n) is 10.4. The highest BCUT2D eigenvalue weighted by molar-refractivity contribution is 7.53. The van der Waals surface area contributed by atoms with Crippen LogP contribution in [0, 0.1) is 0 Å². The number of rotatable bonds is 23. The van der Waals surface area contributed by atoms with Crippen LogP contribution in [0.5, 0.6) is 0 Å². The van der Waals surface area contributed by atoms with Crippen molar-refractivity contribution in [2.45, 2.75) is 135 Å². The predicted molar refractivity (Wildman–Crippen MR) is 141 cm³/mol. The number of hydrogen-bond acceptors (Lipinski definition) is 2. The zero-order chi connectivity index (χ0) is 24.1. The minimum absolute atomic E-state index is 0.352. The van der Waals surface area contributed by atoms with E-state index < -0.39 is 7.60 Å². The molecular formula is C27H57NO3P+. The zero-order valence-corrected chi connectivity index (χ0v) is 23.2. The van der Waals surface area contributed by atoms with Crippen LogP contribution < -0.4 is 0 Å². The van der Waals surface area contributed by atoms with E-state index in [9.17, 15) is 9.46 Å². The van der Waals surface area contributed by atoms with E-state index in [1.54, 1.807) is 0 Å². The zero-order valence-electron chi connectivity index (χ0n) is 22.3. The largest absolute Gasteiger partial charge is 0.385 e. The molecule has 1 N–H and O–H groups in total. The van der Waals surface area contributed by atoms with Crippen molar-refractivity contribution < 1.29 is 18.5 Å². The van der Waals surface area contributed by atoms with Gasteiger partial charge in [-0.25, -0.2) is 0 Å². The van der Waals surface area contributed by atoms with Gasteiger partial charge >= 0.3 is 7.60 Å². The van der Waals surface area contributed by atoms with E-state index in [-0.39, 0.29) is 5.78 Å². The van der Waals surface area contributed by atoms with Crippen LogP contribution in [0.15, 0.2) is 12.2 Å². The summed E-state index contributed by atoms with van der Waals surface area (Å²) in [6.07, 6.45) is 27.4. The third kappa shape index (κ3) is 18.3. The lowest BCUT2D eigenvalue weighted by molar-refractivity contribution is -0.883. The lowest BCUT2D eigenvalue weighted by Gasteiger charge is -2.35. The second kappa shape index (κ2) is 20.2. The molecule has 0 bridgehead atoms. The van der Waals surface area contributed by atoms with Crippen LogP contribution in [0.25, 0.3) is 0 Å². The molecule has 0 saturated carbocycles. The first kappa shape index (κ1) is 31.9. The van der Waals surface area contributed by atoms with Crippen molar-refractivity contribution in [1.82, 2.24) is 0 Å². The van der Waals surface area contributed by atoms with Gasteiger partial charge in [-0.1, -0.05) is 103 Å². The Bertz CT molecular complexity index is 488. The molecule has 0 aromatic heterocycles. The number of nitrogens with zero attached hydrogens (tertiary/aromatic N) is 1. The summed E-state index contributed by atoms with van der Waals surface area (Å²) in [6.45, 7) is 4.62.